The Labute approximate surface area is 96.8 Å². The Bertz CT molecular complexity index is 355. The zero-order valence-electron chi connectivity index (χ0n) is 8.48. The number of halogens is 1. The van der Waals surface area contributed by atoms with Crippen LogP contribution in [0.5, 0.6) is 5.88 Å². The normalized spacial score (nSPS) is 17.5. The van der Waals surface area contributed by atoms with Crippen molar-refractivity contribution in [2.24, 2.45) is 0 Å². The molecule has 1 aromatic heterocycles. The topological polar surface area (TPSA) is 55.2 Å². The second-order valence-corrected chi connectivity index (χ2v) is 4.56. The van der Waals surface area contributed by atoms with Gasteiger partial charge in [-0.1, -0.05) is 0 Å². The van der Waals surface area contributed by atoms with Crippen molar-refractivity contribution in [3.05, 3.63) is 16.5 Å². The molecule has 0 saturated heterocycles. The first-order chi connectivity index (χ1) is 7.22. The summed E-state index contributed by atoms with van der Waals surface area (Å²) in [4.78, 5) is 8.28. The minimum absolute atomic E-state index is 0.0186. The molecular weight excluding hydrogens is 260 g/mol. The van der Waals surface area contributed by atoms with Crippen molar-refractivity contribution in [1.82, 2.24) is 9.97 Å². The smallest absolute Gasteiger partial charge is 0.231 e. The lowest BCUT2D eigenvalue weighted by Gasteiger charge is -2.13. The summed E-state index contributed by atoms with van der Waals surface area (Å²) in [5.41, 5.74) is 1.02. The third-order valence-electron chi connectivity index (χ3n) is 2.32. The number of ether oxygens (including phenoxy) is 1. The fraction of sp³-hybridized carbons (Fsp3) is 0.600. The molecule has 1 N–H and O–H groups in total. The van der Waals surface area contributed by atoms with Crippen molar-refractivity contribution < 1.29 is 9.84 Å². The van der Waals surface area contributed by atoms with Gasteiger partial charge in [-0.15, -0.1) is 0 Å². The van der Waals surface area contributed by atoms with Gasteiger partial charge in [0.05, 0.1) is 12.3 Å². The minimum Gasteiger partial charge on any atom is -0.471 e. The molecule has 0 aromatic carbocycles. The van der Waals surface area contributed by atoms with E-state index in [1.807, 2.05) is 0 Å². The fourth-order valence-electron chi connectivity index (χ4n) is 1.32. The number of hydrogen-bond acceptors (Lipinski definition) is 4. The molecule has 0 aliphatic heterocycles. The average molecular weight is 273 g/mol. The predicted molar refractivity (Wildman–Crippen MR) is 58.9 cm³/mol. The summed E-state index contributed by atoms with van der Waals surface area (Å²) in [6.45, 7) is 1.78. The molecule has 1 aliphatic carbocycles. The molecule has 82 valence electrons. The number of hydrogen-bond donors (Lipinski definition) is 1. The number of rotatable bonds is 4. The van der Waals surface area contributed by atoms with Crippen molar-refractivity contribution in [3.8, 4) is 5.88 Å². The molecule has 5 heteroatoms. The highest BCUT2D eigenvalue weighted by atomic mass is 79.9. The third-order valence-corrected chi connectivity index (χ3v) is 3.06. The Morgan fingerprint density at radius 3 is 2.93 bits per heavy atom. The van der Waals surface area contributed by atoms with Crippen molar-refractivity contribution in [2.75, 3.05) is 6.61 Å². The number of aliphatic hydroxyl groups excluding tert-OH is 1. The Morgan fingerprint density at radius 2 is 2.33 bits per heavy atom. The zero-order valence-corrected chi connectivity index (χ0v) is 10.1. The molecule has 1 heterocycles. The number of nitrogens with zero attached hydrogens (tertiary/aromatic N) is 2. The van der Waals surface area contributed by atoms with Gasteiger partial charge in [-0.25, -0.2) is 9.97 Å². The van der Waals surface area contributed by atoms with Gasteiger partial charge in [0.15, 0.2) is 0 Å². The van der Waals surface area contributed by atoms with Crippen molar-refractivity contribution in [2.45, 2.75) is 31.8 Å². The van der Waals surface area contributed by atoms with Crippen LogP contribution in [0.15, 0.2) is 10.8 Å². The van der Waals surface area contributed by atoms with Gasteiger partial charge < -0.3 is 9.84 Å². The summed E-state index contributed by atoms with van der Waals surface area (Å²) in [7, 11) is 0. The molecule has 0 amide bonds. The third kappa shape index (κ3) is 2.46. The lowest BCUT2D eigenvalue weighted by atomic mass is 10.3. The van der Waals surface area contributed by atoms with Gasteiger partial charge in [-0.2, -0.15) is 0 Å². The van der Waals surface area contributed by atoms with Gasteiger partial charge >= 0.3 is 0 Å². The average Bonchev–Trinajstić information content (AvgIpc) is 3.04. The first-order valence-electron chi connectivity index (χ1n) is 5.00. The second-order valence-electron chi connectivity index (χ2n) is 3.76. The predicted octanol–water partition coefficient (Wildman–Crippen LogP) is 1.88. The van der Waals surface area contributed by atoms with Crippen LogP contribution in [0.3, 0.4) is 0 Å². The molecule has 1 saturated carbocycles. The summed E-state index contributed by atoms with van der Waals surface area (Å²) in [6, 6.07) is 0. The van der Waals surface area contributed by atoms with E-state index >= 15 is 0 Å². The highest BCUT2D eigenvalue weighted by molar-refractivity contribution is 9.10. The van der Waals surface area contributed by atoms with Crippen molar-refractivity contribution in [3.63, 3.8) is 0 Å². The van der Waals surface area contributed by atoms with Gasteiger partial charge in [0.1, 0.15) is 16.9 Å². The maximum Gasteiger partial charge on any atom is 0.231 e. The molecule has 2 rings (SSSR count). The molecule has 0 unspecified atom stereocenters. The summed E-state index contributed by atoms with van der Waals surface area (Å²) in [5.74, 6) is 1.07. The van der Waals surface area contributed by atoms with E-state index < -0.39 is 0 Å². The standard InChI is InChI=1S/C10H13BrN2O2/c1-6(4-14)15-10-8(11)9(7-2-3-7)12-5-13-10/h5-7,14H,2-4H2,1H3/t6-/m1/s1. The van der Waals surface area contributed by atoms with E-state index in [1.165, 1.54) is 19.2 Å². The van der Waals surface area contributed by atoms with E-state index in [4.69, 9.17) is 9.84 Å². The van der Waals surface area contributed by atoms with Gasteiger partial charge in [-0.3, -0.25) is 0 Å². The Balaban J connectivity index is 2.19. The van der Waals surface area contributed by atoms with Crippen molar-refractivity contribution in [1.29, 1.82) is 0 Å². The van der Waals surface area contributed by atoms with Crippen LogP contribution >= 0.6 is 15.9 Å². The SMILES string of the molecule is C[C@H](CO)Oc1ncnc(C2CC2)c1Br. The molecule has 1 aromatic rings. The molecule has 15 heavy (non-hydrogen) atoms. The molecule has 1 fully saturated rings. The van der Waals surface area contributed by atoms with E-state index in [0.29, 0.717) is 11.8 Å². The molecule has 0 bridgehead atoms. The molecule has 0 radical (unpaired) electrons. The summed E-state index contributed by atoms with van der Waals surface area (Å²) < 4.78 is 6.29. The van der Waals surface area contributed by atoms with E-state index in [9.17, 15) is 0 Å². The molecule has 1 aliphatic rings. The van der Waals surface area contributed by atoms with Crippen LogP contribution in [0.2, 0.25) is 0 Å². The monoisotopic (exact) mass is 272 g/mol. The lowest BCUT2D eigenvalue weighted by molar-refractivity contribution is 0.124. The van der Waals surface area contributed by atoms with E-state index in [2.05, 4.69) is 25.9 Å². The van der Waals surface area contributed by atoms with Gasteiger partial charge in [0, 0.05) is 5.92 Å². The van der Waals surface area contributed by atoms with Crippen LogP contribution in [0.25, 0.3) is 0 Å². The molecule has 1 atom stereocenters. The first-order valence-corrected chi connectivity index (χ1v) is 5.79. The Hall–Kier alpha value is -0.680. The van der Waals surface area contributed by atoms with Crippen LogP contribution in [-0.2, 0) is 0 Å². The number of aromatic nitrogens is 2. The Kier molecular flexibility index (Phi) is 3.21. The molecular formula is C10H13BrN2O2. The Morgan fingerprint density at radius 1 is 1.60 bits per heavy atom. The minimum atomic E-state index is -0.247. The van der Waals surface area contributed by atoms with E-state index in [-0.39, 0.29) is 12.7 Å². The summed E-state index contributed by atoms with van der Waals surface area (Å²) >= 11 is 3.45. The van der Waals surface area contributed by atoms with Crippen LogP contribution in [0.4, 0.5) is 0 Å². The molecule has 0 spiro atoms. The number of aliphatic hydroxyl groups is 1. The van der Waals surface area contributed by atoms with E-state index in [0.717, 1.165) is 10.2 Å². The van der Waals surface area contributed by atoms with E-state index in [1.54, 1.807) is 6.92 Å². The molecule has 4 nitrogen and oxygen atoms in total. The summed E-state index contributed by atoms with van der Waals surface area (Å²) in [6.07, 6.45) is 3.64. The zero-order chi connectivity index (χ0) is 10.8. The van der Waals surface area contributed by atoms with Crippen LogP contribution < -0.4 is 4.74 Å². The van der Waals surface area contributed by atoms with Crippen LogP contribution in [0, 0.1) is 0 Å². The van der Waals surface area contributed by atoms with Crippen molar-refractivity contribution >= 4 is 15.9 Å². The second kappa shape index (κ2) is 4.45. The maximum atomic E-state index is 8.89. The van der Waals surface area contributed by atoms with Gasteiger partial charge in [-0.05, 0) is 35.7 Å². The largest absolute Gasteiger partial charge is 0.471 e. The van der Waals surface area contributed by atoms with Gasteiger partial charge in [0.25, 0.3) is 0 Å². The lowest BCUT2D eigenvalue weighted by Crippen LogP contribution is -2.17. The summed E-state index contributed by atoms with van der Waals surface area (Å²) in [5, 5.41) is 8.89. The maximum absolute atomic E-state index is 8.89. The quantitative estimate of drug-likeness (QED) is 0.910. The van der Waals surface area contributed by atoms with Gasteiger partial charge in [0.2, 0.25) is 5.88 Å². The van der Waals surface area contributed by atoms with Crippen LogP contribution in [-0.4, -0.2) is 27.8 Å². The highest BCUT2D eigenvalue weighted by Crippen LogP contribution is 2.43. The highest BCUT2D eigenvalue weighted by Gasteiger charge is 2.29. The van der Waals surface area contributed by atoms with Crippen LogP contribution in [0.1, 0.15) is 31.4 Å². The fourth-order valence-corrected chi connectivity index (χ4v) is 1.94. The first kappa shape index (κ1) is 10.8.